The van der Waals surface area contributed by atoms with E-state index in [1.165, 1.54) is 0 Å². The number of nitrogens with zero attached hydrogens (tertiary/aromatic N) is 8. The van der Waals surface area contributed by atoms with Crippen molar-refractivity contribution in [2.24, 2.45) is 5.10 Å². The molecule has 1 aliphatic rings. The Morgan fingerprint density at radius 2 is 2.15 bits per heavy atom. The molecule has 1 amide bonds. The topological polar surface area (TPSA) is 213 Å². The molecule has 16 heteroatoms. The highest BCUT2D eigenvalue weighted by atomic mass is 16.6. The van der Waals surface area contributed by atoms with Gasteiger partial charge < -0.3 is 15.6 Å². The molecule has 1 aliphatic heterocycles. The summed E-state index contributed by atoms with van der Waals surface area (Å²) in [6.07, 6.45) is 1.07. The van der Waals surface area contributed by atoms with Crippen molar-refractivity contribution in [1.29, 1.82) is 0 Å². The zero-order valence-electron chi connectivity index (χ0n) is 17.0. The van der Waals surface area contributed by atoms with Gasteiger partial charge in [-0.25, -0.2) is 10.1 Å². The molecule has 0 saturated carbocycles. The molecule has 0 atom stereocenters. The number of phenolic OH excluding ortho intramolecular Hbond substituents is 1. The Hall–Kier alpha value is -4.44. The summed E-state index contributed by atoms with van der Waals surface area (Å²) in [4.78, 5) is 25.3. The minimum Gasteiger partial charge on any atom is -0.507 e. The van der Waals surface area contributed by atoms with E-state index >= 15 is 0 Å². The smallest absolute Gasteiger partial charge is 0.292 e. The first kappa shape index (κ1) is 21.8. The van der Waals surface area contributed by atoms with Crippen LogP contribution in [-0.2, 0) is 11.3 Å². The first-order valence-electron chi connectivity index (χ1n) is 9.58. The monoisotopic (exact) mass is 458 g/mol. The molecule has 2 aromatic heterocycles. The van der Waals surface area contributed by atoms with E-state index in [-0.39, 0.29) is 34.3 Å². The number of aromatic nitrogens is 5. The zero-order chi connectivity index (χ0) is 23.4. The number of morpholine rings is 1. The number of nitro benzene ring substituents is 1. The highest BCUT2D eigenvalue weighted by Gasteiger charge is 2.26. The van der Waals surface area contributed by atoms with Crippen molar-refractivity contribution < 1.29 is 24.2 Å². The summed E-state index contributed by atoms with van der Waals surface area (Å²) in [5.74, 6) is -1.09. The molecule has 3 heterocycles. The number of nitrogen functional groups attached to an aromatic ring is 1. The number of carbonyl (C=O) groups excluding carboxylic acids is 1. The molecule has 0 aliphatic carbocycles. The Labute approximate surface area is 184 Å². The Kier molecular flexibility index (Phi) is 6.18. The highest BCUT2D eigenvalue weighted by Crippen LogP contribution is 2.21. The van der Waals surface area contributed by atoms with Gasteiger partial charge in [-0.1, -0.05) is 5.21 Å². The Balaban J connectivity index is 1.59. The number of anilines is 1. The normalized spacial score (nSPS) is 14.5. The van der Waals surface area contributed by atoms with E-state index in [2.05, 4.69) is 35.8 Å². The molecular formula is C17H18N10O6. The number of non-ortho nitro benzene ring substituents is 1. The van der Waals surface area contributed by atoms with E-state index < -0.39 is 10.8 Å². The van der Waals surface area contributed by atoms with Crippen molar-refractivity contribution in [3.8, 4) is 11.6 Å². The van der Waals surface area contributed by atoms with E-state index in [1.807, 2.05) is 4.90 Å². The van der Waals surface area contributed by atoms with Crippen LogP contribution >= 0.6 is 0 Å². The average Bonchev–Trinajstić information content (AvgIpc) is 3.41. The summed E-state index contributed by atoms with van der Waals surface area (Å²) in [5.41, 5.74) is 8.14. The first-order valence-corrected chi connectivity index (χ1v) is 9.58. The average molecular weight is 458 g/mol. The second-order valence-corrected chi connectivity index (χ2v) is 6.86. The number of hydrazone groups is 1. The lowest BCUT2D eigenvalue weighted by atomic mass is 10.2. The van der Waals surface area contributed by atoms with Crippen molar-refractivity contribution in [1.82, 2.24) is 35.6 Å². The molecule has 172 valence electrons. The van der Waals surface area contributed by atoms with Crippen LogP contribution in [0.25, 0.3) is 5.82 Å². The molecule has 33 heavy (non-hydrogen) atoms. The number of phenols is 1. The minimum absolute atomic E-state index is 0.00990. The van der Waals surface area contributed by atoms with E-state index in [0.717, 1.165) is 29.1 Å². The maximum atomic E-state index is 13.0. The van der Waals surface area contributed by atoms with Gasteiger partial charge in [-0.05, 0) is 16.4 Å². The number of carbonyl (C=O) groups is 1. The summed E-state index contributed by atoms with van der Waals surface area (Å²) in [5, 5.41) is 39.8. The molecule has 0 bridgehead atoms. The van der Waals surface area contributed by atoms with Gasteiger partial charge in [0.2, 0.25) is 11.6 Å². The fourth-order valence-corrected chi connectivity index (χ4v) is 3.08. The Morgan fingerprint density at radius 1 is 1.36 bits per heavy atom. The number of ether oxygens (including phenoxy) is 1. The molecule has 0 unspecified atom stereocenters. The van der Waals surface area contributed by atoms with Crippen LogP contribution in [0.2, 0.25) is 0 Å². The summed E-state index contributed by atoms with van der Waals surface area (Å²) in [6.45, 7) is 2.68. The van der Waals surface area contributed by atoms with Gasteiger partial charge in [0, 0.05) is 37.3 Å². The maximum Gasteiger partial charge on any atom is 0.292 e. The van der Waals surface area contributed by atoms with Crippen LogP contribution in [-0.4, -0.2) is 78.7 Å². The molecule has 3 aromatic rings. The van der Waals surface area contributed by atoms with E-state index in [9.17, 15) is 20.0 Å². The van der Waals surface area contributed by atoms with Gasteiger partial charge in [0.05, 0.1) is 24.4 Å². The number of nitrogens with one attached hydrogen (secondary N) is 1. The van der Waals surface area contributed by atoms with Gasteiger partial charge >= 0.3 is 0 Å². The van der Waals surface area contributed by atoms with Gasteiger partial charge in [-0.2, -0.15) is 9.78 Å². The number of hydrogen-bond donors (Lipinski definition) is 3. The summed E-state index contributed by atoms with van der Waals surface area (Å²) in [7, 11) is 0. The van der Waals surface area contributed by atoms with Crippen LogP contribution in [0.4, 0.5) is 11.5 Å². The van der Waals surface area contributed by atoms with Crippen LogP contribution in [0.5, 0.6) is 5.75 Å². The van der Waals surface area contributed by atoms with Crippen molar-refractivity contribution in [3.05, 3.63) is 45.3 Å². The number of rotatable bonds is 7. The predicted octanol–water partition coefficient (Wildman–Crippen LogP) is -0.558. The first-order chi connectivity index (χ1) is 15.9. The lowest BCUT2D eigenvalue weighted by molar-refractivity contribution is -0.384. The van der Waals surface area contributed by atoms with Crippen LogP contribution < -0.4 is 11.2 Å². The van der Waals surface area contributed by atoms with Gasteiger partial charge in [0.25, 0.3) is 11.6 Å². The molecule has 1 saturated heterocycles. The van der Waals surface area contributed by atoms with Crippen LogP contribution in [0.15, 0.2) is 27.9 Å². The number of benzene rings is 1. The third kappa shape index (κ3) is 4.75. The fraction of sp³-hybridized carbons (Fsp3) is 0.294. The highest BCUT2D eigenvalue weighted by molar-refractivity contribution is 5.95. The van der Waals surface area contributed by atoms with Crippen molar-refractivity contribution in [2.45, 2.75) is 6.54 Å². The lowest BCUT2D eigenvalue weighted by Gasteiger charge is -2.25. The number of aromatic hydroxyl groups is 1. The molecular weight excluding hydrogens is 440 g/mol. The largest absolute Gasteiger partial charge is 0.507 e. The summed E-state index contributed by atoms with van der Waals surface area (Å²) < 4.78 is 11.0. The van der Waals surface area contributed by atoms with Gasteiger partial charge in [-0.3, -0.25) is 19.8 Å². The molecule has 0 spiro atoms. The summed E-state index contributed by atoms with van der Waals surface area (Å²) in [6, 6.07) is 3.41. The van der Waals surface area contributed by atoms with E-state index in [4.69, 9.17) is 10.5 Å². The Bertz CT molecular complexity index is 1200. The van der Waals surface area contributed by atoms with Gasteiger partial charge in [0.15, 0.2) is 5.69 Å². The predicted molar refractivity (Wildman–Crippen MR) is 110 cm³/mol. The van der Waals surface area contributed by atoms with Crippen molar-refractivity contribution in [3.63, 3.8) is 0 Å². The third-order valence-electron chi connectivity index (χ3n) is 4.72. The Morgan fingerprint density at radius 3 is 2.85 bits per heavy atom. The van der Waals surface area contributed by atoms with Crippen LogP contribution in [0.3, 0.4) is 0 Å². The van der Waals surface area contributed by atoms with Crippen LogP contribution in [0.1, 0.15) is 21.7 Å². The van der Waals surface area contributed by atoms with Gasteiger partial charge in [-0.15, -0.1) is 5.10 Å². The molecule has 0 radical (unpaired) electrons. The standard InChI is InChI=1S/C17H18N10O6/c18-15-16(23-33-22-15)26-14(12(20-24-26)9-25-3-5-32-6-4-25)17(29)21-19-8-10-7-11(27(30)31)1-2-13(10)28/h1-2,7-8,28H,3-6,9H2,(H2,18,22)(H,21,29)/b19-8+. The van der Waals surface area contributed by atoms with Crippen molar-refractivity contribution >= 4 is 23.6 Å². The van der Waals surface area contributed by atoms with Crippen LogP contribution in [0, 0.1) is 10.1 Å². The third-order valence-corrected chi connectivity index (χ3v) is 4.72. The molecule has 1 fully saturated rings. The number of hydrogen-bond acceptors (Lipinski definition) is 13. The lowest BCUT2D eigenvalue weighted by Crippen LogP contribution is -2.36. The van der Waals surface area contributed by atoms with Gasteiger partial charge in [0.1, 0.15) is 11.4 Å². The second-order valence-electron chi connectivity index (χ2n) is 6.86. The summed E-state index contributed by atoms with van der Waals surface area (Å²) >= 11 is 0. The van der Waals surface area contributed by atoms with Crippen molar-refractivity contribution in [2.75, 3.05) is 32.0 Å². The number of nitrogens with two attached hydrogens (primary N) is 1. The quantitative estimate of drug-likeness (QED) is 0.231. The molecule has 4 N–H and O–H groups in total. The fourth-order valence-electron chi connectivity index (χ4n) is 3.08. The SMILES string of the molecule is Nc1nonc1-n1nnc(CN2CCOCC2)c1C(=O)N/N=C/c1cc([N+](=O)[O-])ccc1O. The number of nitro groups is 1. The number of amides is 1. The minimum atomic E-state index is -0.716. The molecule has 16 nitrogen and oxygen atoms in total. The molecule has 1 aromatic carbocycles. The van der Waals surface area contributed by atoms with E-state index in [1.54, 1.807) is 0 Å². The molecule has 4 rings (SSSR count). The van der Waals surface area contributed by atoms with E-state index in [0.29, 0.717) is 38.5 Å². The maximum absolute atomic E-state index is 13.0. The zero-order valence-corrected chi connectivity index (χ0v) is 17.0. The second kappa shape index (κ2) is 9.37.